The van der Waals surface area contributed by atoms with E-state index in [0.717, 1.165) is 18.9 Å². The SMILES string of the molecule is CC1OCC1(C)CCCl. The molecule has 0 bridgehead atoms. The largest absolute Gasteiger partial charge is 0.377 e. The van der Waals surface area contributed by atoms with Gasteiger partial charge in [0.05, 0.1) is 12.7 Å². The summed E-state index contributed by atoms with van der Waals surface area (Å²) in [7, 11) is 0. The molecule has 1 nitrogen and oxygen atoms in total. The number of ether oxygens (including phenoxy) is 1. The van der Waals surface area contributed by atoms with Crippen molar-refractivity contribution >= 4 is 11.6 Å². The van der Waals surface area contributed by atoms with Crippen LogP contribution < -0.4 is 0 Å². The van der Waals surface area contributed by atoms with Gasteiger partial charge >= 0.3 is 0 Å². The Morgan fingerprint density at radius 2 is 2.44 bits per heavy atom. The van der Waals surface area contributed by atoms with Crippen LogP contribution in [0.3, 0.4) is 0 Å². The molecule has 2 unspecified atom stereocenters. The first-order valence-electron chi connectivity index (χ1n) is 3.36. The molecule has 0 radical (unpaired) electrons. The molecule has 0 amide bonds. The third-order valence-electron chi connectivity index (χ3n) is 2.31. The minimum Gasteiger partial charge on any atom is -0.377 e. The van der Waals surface area contributed by atoms with E-state index < -0.39 is 0 Å². The maximum absolute atomic E-state index is 5.61. The highest BCUT2D eigenvalue weighted by Gasteiger charge is 2.40. The molecule has 1 rings (SSSR count). The monoisotopic (exact) mass is 148 g/mol. The Kier molecular flexibility index (Phi) is 2.02. The third kappa shape index (κ3) is 1.22. The Hall–Kier alpha value is 0.250. The molecule has 1 fully saturated rings. The first-order chi connectivity index (χ1) is 4.19. The fourth-order valence-corrected chi connectivity index (χ4v) is 1.46. The summed E-state index contributed by atoms with van der Waals surface area (Å²) in [6.07, 6.45) is 1.49. The van der Waals surface area contributed by atoms with Crippen LogP contribution in [0.15, 0.2) is 0 Å². The van der Waals surface area contributed by atoms with Crippen LogP contribution >= 0.6 is 11.6 Å². The van der Waals surface area contributed by atoms with E-state index in [4.69, 9.17) is 16.3 Å². The van der Waals surface area contributed by atoms with Gasteiger partial charge in [0.2, 0.25) is 0 Å². The molecule has 2 atom stereocenters. The van der Waals surface area contributed by atoms with E-state index in [-0.39, 0.29) is 0 Å². The quantitative estimate of drug-likeness (QED) is 0.545. The third-order valence-corrected chi connectivity index (χ3v) is 2.50. The van der Waals surface area contributed by atoms with Crippen LogP contribution in [-0.4, -0.2) is 18.6 Å². The Bertz CT molecular complexity index is 105. The van der Waals surface area contributed by atoms with Gasteiger partial charge in [-0.1, -0.05) is 6.92 Å². The van der Waals surface area contributed by atoms with Crippen LogP contribution in [0.25, 0.3) is 0 Å². The van der Waals surface area contributed by atoms with Crippen molar-refractivity contribution in [2.75, 3.05) is 12.5 Å². The number of alkyl halides is 1. The lowest BCUT2D eigenvalue weighted by atomic mass is 9.79. The van der Waals surface area contributed by atoms with E-state index in [1.165, 1.54) is 0 Å². The summed E-state index contributed by atoms with van der Waals surface area (Å²) in [5, 5.41) is 0. The van der Waals surface area contributed by atoms with E-state index in [2.05, 4.69) is 13.8 Å². The second-order valence-corrected chi connectivity index (χ2v) is 3.42. The molecular weight excluding hydrogens is 136 g/mol. The fourth-order valence-electron chi connectivity index (χ4n) is 1.03. The van der Waals surface area contributed by atoms with Crippen molar-refractivity contribution in [3.63, 3.8) is 0 Å². The summed E-state index contributed by atoms with van der Waals surface area (Å²) >= 11 is 5.61. The maximum Gasteiger partial charge on any atom is 0.0623 e. The van der Waals surface area contributed by atoms with Gasteiger partial charge in [-0.25, -0.2) is 0 Å². The topological polar surface area (TPSA) is 9.23 Å². The number of hydrogen-bond acceptors (Lipinski definition) is 1. The van der Waals surface area contributed by atoms with E-state index in [9.17, 15) is 0 Å². The summed E-state index contributed by atoms with van der Waals surface area (Å²) < 4.78 is 5.24. The lowest BCUT2D eigenvalue weighted by molar-refractivity contribution is -0.168. The molecule has 0 aromatic rings. The first-order valence-corrected chi connectivity index (χ1v) is 3.90. The minimum atomic E-state index is 0.377. The van der Waals surface area contributed by atoms with Crippen molar-refractivity contribution in [1.29, 1.82) is 0 Å². The average molecular weight is 149 g/mol. The molecule has 0 saturated carbocycles. The summed E-state index contributed by atoms with van der Waals surface area (Å²) in [6, 6.07) is 0. The zero-order valence-corrected chi connectivity index (χ0v) is 6.74. The normalized spacial score (nSPS) is 42.3. The Morgan fingerprint density at radius 3 is 2.56 bits per heavy atom. The highest BCUT2D eigenvalue weighted by Crippen LogP contribution is 2.37. The van der Waals surface area contributed by atoms with Gasteiger partial charge in [-0.15, -0.1) is 11.6 Å². The first kappa shape index (κ1) is 7.36. The van der Waals surface area contributed by atoms with Crippen molar-refractivity contribution in [2.24, 2.45) is 5.41 Å². The zero-order valence-electron chi connectivity index (χ0n) is 5.98. The molecular formula is C7H13ClO. The van der Waals surface area contributed by atoms with Crippen LogP contribution in [0.5, 0.6) is 0 Å². The van der Waals surface area contributed by atoms with Gasteiger partial charge in [0.15, 0.2) is 0 Å². The lowest BCUT2D eigenvalue weighted by Crippen LogP contribution is -2.48. The van der Waals surface area contributed by atoms with Crippen molar-refractivity contribution in [2.45, 2.75) is 26.4 Å². The van der Waals surface area contributed by atoms with Crippen LogP contribution in [0.2, 0.25) is 0 Å². The van der Waals surface area contributed by atoms with Crippen LogP contribution in [0.1, 0.15) is 20.3 Å². The summed E-state index contributed by atoms with van der Waals surface area (Å²) in [5.41, 5.74) is 0.377. The Labute approximate surface area is 61.3 Å². The molecule has 9 heavy (non-hydrogen) atoms. The number of halogens is 1. The standard InChI is InChI=1S/C7H13ClO/c1-6-7(2,3-4-8)5-9-6/h6H,3-5H2,1-2H3. The van der Waals surface area contributed by atoms with Gasteiger partial charge in [-0.3, -0.25) is 0 Å². The summed E-state index contributed by atoms with van der Waals surface area (Å²) in [6.45, 7) is 5.22. The molecule has 2 heteroatoms. The number of rotatable bonds is 2. The van der Waals surface area contributed by atoms with Gasteiger partial charge in [-0.05, 0) is 13.3 Å². The second kappa shape index (κ2) is 2.47. The van der Waals surface area contributed by atoms with Crippen molar-refractivity contribution < 1.29 is 4.74 Å². The van der Waals surface area contributed by atoms with E-state index in [0.29, 0.717) is 11.5 Å². The lowest BCUT2D eigenvalue weighted by Gasteiger charge is -2.44. The molecule has 1 saturated heterocycles. The molecule has 0 N–H and O–H groups in total. The Balaban J connectivity index is 2.34. The van der Waals surface area contributed by atoms with Crippen molar-refractivity contribution in [3.05, 3.63) is 0 Å². The summed E-state index contributed by atoms with van der Waals surface area (Å²) in [4.78, 5) is 0. The predicted octanol–water partition coefficient (Wildman–Crippen LogP) is 2.04. The molecule has 1 heterocycles. The van der Waals surface area contributed by atoms with Gasteiger partial charge in [0, 0.05) is 11.3 Å². The average Bonchev–Trinajstić information content (AvgIpc) is 1.86. The van der Waals surface area contributed by atoms with Gasteiger partial charge in [0.25, 0.3) is 0 Å². The second-order valence-electron chi connectivity index (χ2n) is 3.05. The molecule has 1 aliphatic heterocycles. The van der Waals surface area contributed by atoms with Gasteiger partial charge in [-0.2, -0.15) is 0 Å². The van der Waals surface area contributed by atoms with Crippen molar-refractivity contribution in [1.82, 2.24) is 0 Å². The maximum atomic E-state index is 5.61. The zero-order chi connectivity index (χ0) is 6.91. The molecule has 0 aromatic carbocycles. The van der Waals surface area contributed by atoms with Crippen LogP contribution in [0, 0.1) is 5.41 Å². The van der Waals surface area contributed by atoms with E-state index in [1.807, 2.05) is 0 Å². The van der Waals surface area contributed by atoms with E-state index >= 15 is 0 Å². The highest BCUT2D eigenvalue weighted by atomic mass is 35.5. The van der Waals surface area contributed by atoms with Gasteiger partial charge < -0.3 is 4.74 Å². The molecule has 54 valence electrons. The molecule has 1 aliphatic rings. The minimum absolute atomic E-state index is 0.377. The van der Waals surface area contributed by atoms with E-state index in [1.54, 1.807) is 0 Å². The smallest absolute Gasteiger partial charge is 0.0623 e. The predicted molar refractivity (Wildman–Crippen MR) is 38.9 cm³/mol. The summed E-state index contributed by atoms with van der Waals surface area (Å²) in [5.74, 6) is 0.754. The highest BCUT2D eigenvalue weighted by molar-refractivity contribution is 6.17. The number of hydrogen-bond donors (Lipinski definition) is 0. The molecule has 0 spiro atoms. The van der Waals surface area contributed by atoms with Crippen LogP contribution in [0.4, 0.5) is 0 Å². The molecule has 0 aliphatic carbocycles. The Morgan fingerprint density at radius 1 is 1.78 bits per heavy atom. The van der Waals surface area contributed by atoms with Crippen molar-refractivity contribution in [3.8, 4) is 0 Å². The van der Waals surface area contributed by atoms with Gasteiger partial charge in [0.1, 0.15) is 0 Å². The van der Waals surface area contributed by atoms with Crippen LogP contribution in [-0.2, 0) is 4.74 Å². The molecule has 0 aromatic heterocycles. The fraction of sp³-hybridized carbons (Fsp3) is 1.00.